The fourth-order valence-corrected chi connectivity index (χ4v) is 3.51. The molecule has 21 heavy (non-hydrogen) atoms. The number of aryl methyl sites for hydroxylation is 1. The summed E-state index contributed by atoms with van der Waals surface area (Å²) in [5.74, 6) is 0.202. The molecule has 2 aromatic rings. The largest absolute Gasteiger partial charge is 0.381 e. The highest BCUT2D eigenvalue weighted by Crippen LogP contribution is 2.26. The number of amides is 1. The van der Waals surface area contributed by atoms with E-state index in [0.29, 0.717) is 18.7 Å². The van der Waals surface area contributed by atoms with Gasteiger partial charge in [0.1, 0.15) is 0 Å². The Morgan fingerprint density at radius 1 is 1.62 bits per heavy atom. The normalized spacial score (nSPS) is 18.0. The molecule has 1 fully saturated rings. The molecule has 1 aliphatic rings. The maximum Gasteiger partial charge on any atom is 0.254 e. The summed E-state index contributed by atoms with van der Waals surface area (Å²) in [6.07, 6.45) is 3.42. The Hall–Kier alpha value is -1.66. The molecule has 1 saturated heterocycles. The molecule has 2 aromatic heterocycles. The Bertz CT molecular complexity index is 614. The predicted octanol–water partition coefficient (Wildman–Crippen LogP) is 2.26. The highest BCUT2D eigenvalue weighted by Gasteiger charge is 2.25. The first-order valence-corrected chi connectivity index (χ1v) is 8.06. The predicted molar refractivity (Wildman–Crippen MR) is 81.9 cm³/mol. The van der Waals surface area contributed by atoms with Crippen LogP contribution < -0.4 is 5.32 Å². The van der Waals surface area contributed by atoms with E-state index in [2.05, 4.69) is 33.9 Å². The summed E-state index contributed by atoms with van der Waals surface area (Å²) in [5.41, 5.74) is 2.84. The van der Waals surface area contributed by atoms with Gasteiger partial charge >= 0.3 is 0 Å². The van der Waals surface area contributed by atoms with Gasteiger partial charge in [0.2, 0.25) is 0 Å². The molecule has 2 N–H and O–H groups in total. The molecule has 1 atom stereocenters. The minimum atomic E-state index is -0.0557. The summed E-state index contributed by atoms with van der Waals surface area (Å²) in [6.45, 7) is 4.16. The van der Waals surface area contributed by atoms with Crippen molar-refractivity contribution < 1.29 is 9.53 Å². The number of nitrogens with zero attached hydrogens (tertiary/aromatic N) is 1. The van der Waals surface area contributed by atoms with E-state index in [0.717, 1.165) is 25.1 Å². The van der Waals surface area contributed by atoms with E-state index in [1.807, 2.05) is 0 Å². The second-order valence-corrected chi connectivity index (χ2v) is 6.29. The molecule has 112 valence electrons. The van der Waals surface area contributed by atoms with Gasteiger partial charge in [0, 0.05) is 23.9 Å². The lowest BCUT2D eigenvalue weighted by molar-refractivity contribution is 0.0952. The summed E-state index contributed by atoms with van der Waals surface area (Å²) < 4.78 is 5.38. The summed E-state index contributed by atoms with van der Waals surface area (Å²) in [6, 6.07) is 2.11. The minimum absolute atomic E-state index is 0.0557. The Balaban J connectivity index is 1.58. The molecule has 3 heterocycles. The van der Waals surface area contributed by atoms with Crippen molar-refractivity contribution in [3.05, 3.63) is 39.3 Å². The zero-order chi connectivity index (χ0) is 14.7. The van der Waals surface area contributed by atoms with Crippen LogP contribution in [0.25, 0.3) is 0 Å². The molecule has 0 bridgehead atoms. The van der Waals surface area contributed by atoms with Crippen molar-refractivity contribution in [1.82, 2.24) is 15.5 Å². The van der Waals surface area contributed by atoms with Crippen LogP contribution in [0.5, 0.6) is 0 Å². The molecular formula is C15H19N3O2S. The minimum Gasteiger partial charge on any atom is -0.381 e. The van der Waals surface area contributed by atoms with Gasteiger partial charge < -0.3 is 10.1 Å². The number of carbonyl (C=O) groups excluding carboxylic acids is 1. The Kier molecular flexibility index (Phi) is 4.36. The fourth-order valence-electron chi connectivity index (χ4n) is 2.60. The number of aromatic nitrogens is 2. The summed E-state index contributed by atoms with van der Waals surface area (Å²) >= 11 is 1.74. The lowest BCUT2D eigenvalue weighted by Crippen LogP contribution is -2.26. The third kappa shape index (κ3) is 3.16. The molecule has 0 radical (unpaired) electrons. The third-order valence-corrected chi connectivity index (χ3v) is 4.94. The molecule has 0 aromatic carbocycles. The van der Waals surface area contributed by atoms with Gasteiger partial charge in [-0.05, 0) is 36.8 Å². The fraction of sp³-hybridized carbons (Fsp3) is 0.467. The Labute approximate surface area is 127 Å². The van der Waals surface area contributed by atoms with Crippen LogP contribution in [0.15, 0.2) is 17.6 Å². The van der Waals surface area contributed by atoms with Crippen molar-refractivity contribution in [3.63, 3.8) is 0 Å². The van der Waals surface area contributed by atoms with Gasteiger partial charge in [-0.15, -0.1) is 11.3 Å². The number of hydrogen-bond acceptors (Lipinski definition) is 4. The number of hydrogen-bond donors (Lipinski definition) is 2. The smallest absolute Gasteiger partial charge is 0.254 e. The quantitative estimate of drug-likeness (QED) is 0.890. The molecule has 3 rings (SSSR count). The molecule has 0 unspecified atom stereocenters. The Morgan fingerprint density at radius 2 is 2.52 bits per heavy atom. The van der Waals surface area contributed by atoms with Crippen molar-refractivity contribution in [1.29, 1.82) is 0 Å². The summed E-state index contributed by atoms with van der Waals surface area (Å²) in [4.78, 5) is 13.6. The second kappa shape index (κ2) is 6.41. The number of nitrogens with one attached hydrogen (secondary N) is 2. The number of aromatic amines is 1. The van der Waals surface area contributed by atoms with E-state index < -0.39 is 0 Å². The van der Waals surface area contributed by atoms with Crippen molar-refractivity contribution >= 4 is 17.2 Å². The number of thiophene rings is 1. The lowest BCUT2D eigenvalue weighted by Gasteiger charge is -2.09. The van der Waals surface area contributed by atoms with Crippen molar-refractivity contribution in [3.8, 4) is 0 Å². The molecule has 1 amide bonds. The van der Waals surface area contributed by atoms with E-state index in [-0.39, 0.29) is 11.8 Å². The van der Waals surface area contributed by atoms with Crippen LogP contribution in [0, 0.1) is 6.92 Å². The number of rotatable bonds is 5. The van der Waals surface area contributed by atoms with Crippen LogP contribution in [-0.2, 0) is 11.2 Å². The summed E-state index contributed by atoms with van der Waals surface area (Å²) in [7, 11) is 0. The first kappa shape index (κ1) is 14.3. The molecule has 1 aliphatic heterocycles. The topological polar surface area (TPSA) is 67.0 Å². The van der Waals surface area contributed by atoms with Gasteiger partial charge in [0.25, 0.3) is 5.91 Å². The maximum atomic E-state index is 12.3. The standard InChI is InChI=1S/C15H19N3O2S/c1-10-4-7-21-13(10)2-5-16-15(19)12-8-17-18-14(12)11-3-6-20-9-11/h4,7-8,11H,2-3,5-6,9H2,1H3,(H,16,19)(H,17,18)/t11-/m0/s1. The first-order valence-electron chi connectivity index (χ1n) is 7.18. The average Bonchev–Trinajstić information content (AvgIpc) is 3.19. The molecule has 6 heteroatoms. The van der Waals surface area contributed by atoms with Crippen molar-refractivity contribution in [2.75, 3.05) is 19.8 Å². The van der Waals surface area contributed by atoms with Crippen LogP contribution >= 0.6 is 11.3 Å². The first-order chi connectivity index (χ1) is 10.3. The van der Waals surface area contributed by atoms with Crippen molar-refractivity contribution in [2.24, 2.45) is 0 Å². The molecule has 0 spiro atoms. The van der Waals surface area contributed by atoms with Crippen molar-refractivity contribution in [2.45, 2.75) is 25.7 Å². The van der Waals surface area contributed by atoms with Gasteiger partial charge in [-0.25, -0.2) is 0 Å². The highest BCUT2D eigenvalue weighted by molar-refractivity contribution is 7.10. The summed E-state index contributed by atoms with van der Waals surface area (Å²) in [5, 5.41) is 12.0. The average molecular weight is 305 g/mol. The van der Waals surface area contributed by atoms with Crippen LogP contribution in [-0.4, -0.2) is 35.9 Å². The number of ether oxygens (including phenoxy) is 1. The highest BCUT2D eigenvalue weighted by atomic mass is 32.1. The number of H-pyrrole nitrogens is 1. The molecular weight excluding hydrogens is 286 g/mol. The zero-order valence-electron chi connectivity index (χ0n) is 12.0. The van der Waals surface area contributed by atoms with E-state index in [1.165, 1.54) is 10.4 Å². The van der Waals surface area contributed by atoms with Crippen LogP contribution in [0.2, 0.25) is 0 Å². The SMILES string of the molecule is Cc1ccsc1CCNC(=O)c1cn[nH]c1[C@H]1CCOC1. The number of carbonyl (C=O) groups is 1. The van der Waals surface area contributed by atoms with Gasteiger partial charge in [-0.3, -0.25) is 9.89 Å². The monoisotopic (exact) mass is 305 g/mol. The van der Waals surface area contributed by atoms with E-state index in [1.54, 1.807) is 17.5 Å². The van der Waals surface area contributed by atoms with Gasteiger partial charge in [0.15, 0.2) is 0 Å². The van der Waals surface area contributed by atoms with Gasteiger partial charge in [-0.2, -0.15) is 5.10 Å². The van der Waals surface area contributed by atoms with Gasteiger partial charge in [0.05, 0.1) is 24.1 Å². The maximum absolute atomic E-state index is 12.3. The van der Waals surface area contributed by atoms with E-state index >= 15 is 0 Å². The van der Waals surface area contributed by atoms with E-state index in [9.17, 15) is 4.79 Å². The van der Waals surface area contributed by atoms with Crippen LogP contribution in [0.1, 0.15) is 38.8 Å². The van der Waals surface area contributed by atoms with Crippen LogP contribution in [0.4, 0.5) is 0 Å². The third-order valence-electron chi connectivity index (χ3n) is 3.86. The van der Waals surface area contributed by atoms with Crippen LogP contribution in [0.3, 0.4) is 0 Å². The second-order valence-electron chi connectivity index (χ2n) is 5.29. The zero-order valence-corrected chi connectivity index (χ0v) is 12.8. The Morgan fingerprint density at radius 3 is 3.24 bits per heavy atom. The molecule has 0 aliphatic carbocycles. The van der Waals surface area contributed by atoms with Gasteiger partial charge in [-0.1, -0.05) is 0 Å². The van der Waals surface area contributed by atoms with E-state index in [4.69, 9.17) is 4.74 Å². The molecule has 0 saturated carbocycles. The lowest BCUT2D eigenvalue weighted by atomic mass is 10.0. The molecule has 5 nitrogen and oxygen atoms in total.